The Hall–Kier alpha value is -0.360. The van der Waals surface area contributed by atoms with Gasteiger partial charge in [-0.1, -0.05) is 0 Å². The van der Waals surface area contributed by atoms with Crippen molar-refractivity contribution in [2.75, 3.05) is 5.88 Å². The fourth-order valence-electron chi connectivity index (χ4n) is 1.78. The normalized spacial score (nSPS) is 28.3. The van der Waals surface area contributed by atoms with Crippen LogP contribution < -0.4 is 0 Å². The Bertz CT molecular complexity index is 212. The number of nitriles is 1. The van der Waals surface area contributed by atoms with Crippen LogP contribution in [0.5, 0.6) is 0 Å². The van der Waals surface area contributed by atoms with Gasteiger partial charge in [-0.15, -0.1) is 11.6 Å². The van der Waals surface area contributed by atoms with Crippen LogP contribution in [-0.2, 0) is 0 Å². The average Bonchev–Trinajstić information content (AvgIpc) is 2.41. The van der Waals surface area contributed by atoms with Crippen LogP contribution in [0.3, 0.4) is 0 Å². The van der Waals surface area contributed by atoms with Gasteiger partial charge < -0.3 is 0 Å². The second-order valence-corrected chi connectivity index (χ2v) is 3.87. The van der Waals surface area contributed by atoms with E-state index in [9.17, 15) is 8.78 Å². The van der Waals surface area contributed by atoms with Crippen LogP contribution in [0.2, 0.25) is 0 Å². The molecule has 1 aliphatic rings. The van der Waals surface area contributed by atoms with E-state index in [1.807, 2.05) is 6.07 Å². The Morgan fingerprint density at radius 2 is 2.31 bits per heavy atom. The minimum Gasteiger partial charge on any atom is -0.207 e. The van der Waals surface area contributed by atoms with Crippen molar-refractivity contribution in [1.29, 1.82) is 5.26 Å². The van der Waals surface area contributed by atoms with E-state index in [0.29, 0.717) is 12.8 Å². The minimum atomic E-state index is -2.57. The lowest BCUT2D eigenvalue weighted by molar-refractivity contribution is -0.0418. The molecule has 0 heterocycles. The zero-order chi connectivity index (χ0) is 9.90. The summed E-state index contributed by atoms with van der Waals surface area (Å²) in [4.78, 5) is 0. The second-order valence-electron chi connectivity index (χ2n) is 3.57. The molecule has 4 heteroatoms. The van der Waals surface area contributed by atoms with Crippen LogP contribution in [-0.4, -0.2) is 11.8 Å². The summed E-state index contributed by atoms with van der Waals surface area (Å²) in [5.41, 5.74) is 0. The van der Waals surface area contributed by atoms with Gasteiger partial charge in [0.1, 0.15) is 0 Å². The highest BCUT2D eigenvalue weighted by molar-refractivity contribution is 6.18. The number of rotatable bonds is 3. The first-order valence-corrected chi connectivity index (χ1v) is 4.97. The van der Waals surface area contributed by atoms with Gasteiger partial charge in [0.25, 0.3) is 5.92 Å². The molecule has 0 spiro atoms. The molecule has 1 rings (SSSR count). The van der Waals surface area contributed by atoms with E-state index in [0.717, 1.165) is 0 Å². The Morgan fingerprint density at radius 3 is 2.69 bits per heavy atom. The van der Waals surface area contributed by atoms with Gasteiger partial charge >= 0.3 is 0 Å². The highest BCUT2D eigenvalue weighted by atomic mass is 35.5. The van der Waals surface area contributed by atoms with Crippen molar-refractivity contribution in [2.45, 2.75) is 31.6 Å². The van der Waals surface area contributed by atoms with Gasteiger partial charge in [-0.05, 0) is 19.3 Å². The Balaban J connectivity index is 2.49. The summed E-state index contributed by atoms with van der Waals surface area (Å²) in [6.07, 6.45) is 1.31. The van der Waals surface area contributed by atoms with Gasteiger partial charge in [-0.3, -0.25) is 0 Å². The van der Waals surface area contributed by atoms with Crippen LogP contribution in [0.1, 0.15) is 25.7 Å². The SMILES string of the molecule is N#CC(CCl)CC1CCCC1(F)F. The maximum absolute atomic E-state index is 13.1. The number of hydrogen-bond donors (Lipinski definition) is 0. The van der Waals surface area contributed by atoms with Crippen LogP contribution in [0.25, 0.3) is 0 Å². The van der Waals surface area contributed by atoms with Gasteiger partial charge in [0, 0.05) is 18.2 Å². The molecule has 74 valence electrons. The fraction of sp³-hybridized carbons (Fsp3) is 0.889. The third kappa shape index (κ3) is 2.54. The average molecular weight is 208 g/mol. The van der Waals surface area contributed by atoms with Crippen LogP contribution >= 0.6 is 11.6 Å². The smallest absolute Gasteiger partial charge is 0.207 e. The number of nitrogens with zero attached hydrogens (tertiary/aromatic N) is 1. The predicted molar refractivity (Wildman–Crippen MR) is 46.7 cm³/mol. The van der Waals surface area contributed by atoms with Crippen molar-refractivity contribution in [3.8, 4) is 6.07 Å². The zero-order valence-corrected chi connectivity index (χ0v) is 8.03. The quantitative estimate of drug-likeness (QED) is 0.652. The van der Waals surface area contributed by atoms with Crippen molar-refractivity contribution in [3.63, 3.8) is 0 Å². The van der Waals surface area contributed by atoms with Gasteiger partial charge in [0.05, 0.1) is 12.0 Å². The maximum atomic E-state index is 13.1. The first-order valence-electron chi connectivity index (χ1n) is 4.43. The molecule has 0 aromatic carbocycles. The van der Waals surface area contributed by atoms with E-state index in [1.165, 1.54) is 0 Å². The molecule has 2 unspecified atom stereocenters. The maximum Gasteiger partial charge on any atom is 0.250 e. The van der Waals surface area contributed by atoms with Crippen molar-refractivity contribution < 1.29 is 8.78 Å². The Labute approximate surface area is 81.7 Å². The molecule has 0 aromatic heterocycles. The Kier molecular flexibility index (Phi) is 3.49. The summed E-state index contributed by atoms with van der Waals surface area (Å²) in [5, 5.41) is 8.58. The minimum absolute atomic E-state index is 0.0297. The van der Waals surface area contributed by atoms with E-state index in [-0.39, 0.29) is 18.7 Å². The van der Waals surface area contributed by atoms with Gasteiger partial charge in [0.15, 0.2) is 0 Å². The zero-order valence-electron chi connectivity index (χ0n) is 7.27. The topological polar surface area (TPSA) is 23.8 Å². The lowest BCUT2D eigenvalue weighted by atomic mass is 9.93. The molecule has 0 aromatic rings. The van der Waals surface area contributed by atoms with E-state index in [1.54, 1.807) is 0 Å². The molecular formula is C9H12ClF2N. The van der Waals surface area contributed by atoms with Gasteiger partial charge in [-0.2, -0.15) is 5.26 Å². The highest BCUT2D eigenvalue weighted by Crippen LogP contribution is 2.43. The second kappa shape index (κ2) is 4.23. The molecule has 1 saturated carbocycles. The molecule has 2 atom stereocenters. The highest BCUT2D eigenvalue weighted by Gasteiger charge is 2.44. The summed E-state index contributed by atoms with van der Waals surface area (Å²) < 4.78 is 26.2. The molecule has 0 aliphatic heterocycles. The molecule has 0 N–H and O–H groups in total. The number of hydrogen-bond acceptors (Lipinski definition) is 1. The fourth-order valence-corrected chi connectivity index (χ4v) is 1.98. The summed E-state index contributed by atoms with van der Waals surface area (Å²) in [6, 6.07) is 1.95. The van der Waals surface area contributed by atoms with Gasteiger partial charge in [0.2, 0.25) is 0 Å². The first kappa shape index (κ1) is 10.7. The van der Waals surface area contributed by atoms with E-state index in [2.05, 4.69) is 0 Å². The number of alkyl halides is 3. The molecule has 0 bridgehead atoms. The van der Waals surface area contributed by atoms with Gasteiger partial charge in [-0.25, -0.2) is 8.78 Å². The third-order valence-electron chi connectivity index (χ3n) is 2.60. The molecule has 13 heavy (non-hydrogen) atoms. The molecule has 1 fully saturated rings. The monoisotopic (exact) mass is 207 g/mol. The van der Waals surface area contributed by atoms with E-state index < -0.39 is 17.8 Å². The molecule has 0 saturated heterocycles. The van der Waals surface area contributed by atoms with Crippen LogP contribution in [0.15, 0.2) is 0 Å². The van der Waals surface area contributed by atoms with E-state index >= 15 is 0 Å². The standard InChI is InChI=1S/C9H12ClF2N/c10-5-7(6-13)4-8-2-1-3-9(8,11)12/h7-8H,1-5H2. The molecule has 1 nitrogen and oxygen atoms in total. The van der Waals surface area contributed by atoms with Crippen LogP contribution in [0.4, 0.5) is 8.78 Å². The molecule has 1 aliphatic carbocycles. The summed E-state index contributed by atoms with van der Waals surface area (Å²) >= 11 is 5.47. The lowest BCUT2D eigenvalue weighted by Gasteiger charge is -2.20. The van der Waals surface area contributed by atoms with Crippen molar-refractivity contribution >= 4 is 11.6 Å². The molecular weight excluding hydrogens is 196 g/mol. The van der Waals surface area contributed by atoms with Crippen molar-refractivity contribution in [2.24, 2.45) is 11.8 Å². The first-order chi connectivity index (χ1) is 6.10. The number of halogens is 3. The van der Waals surface area contributed by atoms with Crippen molar-refractivity contribution in [3.05, 3.63) is 0 Å². The third-order valence-corrected chi connectivity index (χ3v) is 2.97. The Morgan fingerprint density at radius 1 is 1.62 bits per heavy atom. The lowest BCUT2D eigenvalue weighted by Crippen LogP contribution is -2.24. The van der Waals surface area contributed by atoms with E-state index in [4.69, 9.17) is 16.9 Å². The molecule has 0 amide bonds. The summed E-state index contributed by atoms with van der Waals surface area (Å²) in [7, 11) is 0. The largest absolute Gasteiger partial charge is 0.250 e. The predicted octanol–water partition coefficient (Wildman–Crippen LogP) is 3.19. The summed E-state index contributed by atoms with van der Waals surface area (Å²) in [6.45, 7) is 0. The van der Waals surface area contributed by atoms with Crippen LogP contribution in [0, 0.1) is 23.2 Å². The van der Waals surface area contributed by atoms with Crippen molar-refractivity contribution in [1.82, 2.24) is 0 Å². The summed E-state index contributed by atoms with van der Waals surface area (Å²) in [5.74, 6) is -3.46. The molecule has 0 radical (unpaired) electrons.